The highest BCUT2D eigenvalue weighted by molar-refractivity contribution is 9.10. The third-order valence-corrected chi connectivity index (χ3v) is 5.18. The van der Waals surface area contributed by atoms with Crippen LogP contribution >= 0.6 is 27.3 Å². The van der Waals surface area contributed by atoms with Crippen molar-refractivity contribution in [1.29, 1.82) is 0 Å². The number of hydrogen-bond acceptors (Lipinski definition) is 5. The van der Waals surface area contributed by atoms with Gasteiger partial charge >= 0.3 is 5.97 Å². The summed E-state index contributed by atoms with van der Waals surface area (Å²) in [6.07, 6.45) is 0.0879. The molecule has 0 saturated heterocycles. The van der Waals surface area contributed by atoms with Crippen molar-refractivity contribution >= 4 is 43.3 Å². The number of nitrogens with zero attached hydrogens (tertiary/aromatic N) is 1. The van der Waals surface area contributed by atoms with Crippen LogP contribution in [0.4, 0.5) is 0 Å². The van der Waals surface area contributed by atoms with Crippen molar-refractivity contribution in [3.63, 3.8) is 0 Å². The Kier molecular flexibility index (Phi) is 4.16. The zero-order valence-corrected chi connectivity index (χ0v) is 15.1. The van der Waals surface area contributed by atoms with Crippen LogP contribution in [-0.2, 0) is 0 Å². The second kappa shape index (κ2) is 5.98. The lowest BCUT2D eigenvalue weighted by molar-refractivity contribution is 0.0662. The highest BCUT2D eigenvalue weighted by Crippen LogP contribution is 2.40. The van der Waals surface area contributed by atoms with Crippen LogP contribution < -0.4 is 4.74 Å². The van der Waals surface area contributed by atoms with Gasteiger partial charge < -0.3 is 14.3 Å². The fourth-order valence-electron chi connectivity index (χ4n) is 2.23. The fourth-order valence-corrected chi connectivity index (χ4v) is 3.90. The lowest BCUT2D eigenvalue weighted by Crippen LogP contribution is -2.05. The number of carbonyl (C=O) groups is 1. The largest absolute Gasteiger partial charge is 0.491 e. The minimum atomic E-state index is -1.11. The van der Waals surface area contributed by atoms with Crippen LogP contribution in [0.1, 0.15) is 30.1 Å². The van der Waals surface area contributed by atoms with E-state index in [1.165, 1.54) is 11.3 Å². The second-order valence-corrected chi connectivity index (χ2v) is 7.25. The minimum Gasteiger partial charge on any atom is -0.491 e. The number of benzene rings is 1. The third kappa shape index (κ3) is 3.11. The highest BCUT2D eigenvalue weighted by atomic mass is 79.9. The predicted molar refractivity (Wildman–Crippen MR) is 92.5 cm³/mol. The van der Waals surface area contributed by atoms with Crippen molar-refractivity contribution < 1.29 is 19.1 Å². The van der Waals surface area contributed by atoms with Crippen molar-refractivity contribution in [2.24, 2.45) is 0 Å². The van der Waals surface area contributed by atoms with Crippen LogP contribution in [0.5, 0.6) is 5.75 Å². The van der Waals surface area contributed by atoms with Gasteiger partial charge in [-0.15, -0.1) is 11.3 Å². The lowest BCUT2D eigenvalue weighted by Gasteiger charge is -2.10. The van der Waals surface area contributed by atoms with Crippen molar-refractivity contribution in [3.8, 4) is 16.5 Å². The number of hydrogen-bond donors (Lipinski definition) is 1. The maximum absolute atomic E-state index is 11.1. The third-order valence-electron chi connectivity index (χ3n) is 3.12. The average molecular weight is 396 g/mol. The molecule has 120 valence electrons. The number of aryl methyl sites for hydroxylation is 1. The Morgan fingerprint density at radius 2 is 2.13 bits per heavy atom. The van der Waals surface area contributed by atoms with Gasteiger partial charge in [-0.1, -0.05) is 0 Å². The molecule has 7 heteroatoms. The Hall–Kier alpha value is -1.86. The van der Waals surface area contributed by atoms with Crippen LogP contribution in [0.2, 0.25) is 0 Å². The van der Waals surface area contributed by atoms with Crippen LogP contribution in [-0.4, -0.2) is 22.2 Å². The molecule has 0 aliphatic rings. The van der Waals surface area contributed by atoms with Crippen molar-refractivity contribution in [3.05, 3.63) is 34.1 Å². The van der Waals surface area contributed by atoms with E-state index in [1.54, 1.807) is 6.92 Å². The van der Waals surface area contributed by atoms with E-state index in [9.17, 15) is 4.79 Å². The Bertz CT molecular complexity index is 897. The molecular weight excluding hydrogens is 382 g/mol. The van der Waals surface area contributed by atoms with E-state index < -0.39 is 5.97 Å². The molecule has 0 spiro atoms. The number of thiophene rings is 1. The smallest absolute Gasteiger partial charge is 0.373 e. The van der Waals surface area contributed by atoms with E-state index in [1.807, 2.05) is 32.0 Å². The molecule has 0 atom stereocenters. The quantitative estimate of drug-likeness (QED) is 0.663. The number of carboxylic acids is 1. The molecule has 0 fully saturated rings. The van der Waals surface area contributed by atoms with Gasteiger partial charge in [0, 0.05) is 9.17 Å². The molecule has 0 bridgehead atoms. The fraction of sp³-hybridized carbons (Fsp3) is 0.250. The van der Waals surface area contributed by atoms with Gasteiger partial charge in [-0.3, -0.25) is 0 Å². The van der Waals surface area contributed by atoms with Gasteiger partial charge in [0.25, 0.3) is 0 Å². The summed E-state index contributed by atoms with van der Waals surface area (Å²) < 4.78 is 13.1. The first kappa shape index (κ1) is 16.0. The summed E-state index contributed by atoms with van der Waals surface area (Å²) in [4.78, 5) is 16.1. The number of fused-ring (bicyclic) bond motifs is 1. The van der Waals surface area contributed by atoms with Gasteiger partial charge in [0.05, 0.1) is 16.7 Å². The van der Waals surface area contributed by atoms with Gasteiger partial charge in [-0.2, -0.15) is 0 Å². The van der Waals surface area contributed by atoms with E-state index in [2.05, 4.69) is 20.9 Å². The molecule has 0 radical (unpaired) electrons. The number of aromatic carboxylic acids is 1. The molecule has 1 N–H and O–H groups in total. The molecule has 1 aromatic carbocycles. The first-order valence-electron chi connectivity index (χ1n) is 6.96. The van der Waals surface area contributed by atoms with E-state index >= 15 is 0 Å². The second-order valence-electron chi connectivity index (χ2n) is 5.34. The molecule has 3 aromatic rings. The van der Waals surface area contributed by atoms with Gasteiger partial charge in [0.2, 0.25) is 11.7 Å². The van der Waals surface area contributed by atoms with Crippen LogP contribution in [0.15, 0.2) is 27.1 Å². The molecule has 0 aliphatic heterocycles. The Morgan fingerprint density at radius 3 is 2.74 bits per heavy atom. The zero-order valence-electron chi connectivity index (χ0n) is 12.7. The molecule has 0 amide bonds. The predicted octanol–water partition coefficient (Wildman–Crippen LogP) is 5.11. The summed E-state index contributed by atoms with van der Waals surface area (Å²) in [7, 11) is 0. The van der Waals surface area contributed by atoms with Crippen molar-refractivity contribution in [2.45, 2.75) is 26.9 Å². The summed E-state index contributed by atoms with van der Waals surface area (Å²) in [5.41, 5.74) is 0.368. The van der Waals surface area contributed by atoms with E-state index in [4.69, 9.17) is 14.3 Å². The van der Waals surface area contributed by atoms with Crippen molar-refractivity contribution in [2.75, 3.05) is 0 Å². The maximum atomic E-state index is 11.1. The summed E-state index contributed by atoms with van der Waals surface area (Å²) in [5.74, 6) is -0.144. The summed E-state index contributed by atoms with van der Waals surface area (Å²) in [6.45, 7) is 5.56. The molecule has 0 saturated carbocycles. The topological polar surface area (TPSA) is 72.6 Å². The monoisotopic (exact) mass is 395 g/mol. The number of rotatable bonds is 4. The minimum absolute atomic E-state index is 0.0879. The number of ether oxygens (including phenoxy) is 1. The molecule has 2 aromatic heterocycles. The van der Waals surface area contributed by atoms with Gasteiger partial charge in [-0.25, -0.2) is 9.78 Å². The number of halogens is 1. The summed E-state index contributed by atoms with van der Waals surface area (Å²) in [5, 5.41) is 10.1. The van der Waals surface area contributed by atoms with Crippen LogP contribution in [0.3, 0.4) is 0 Å². The number of aromatic nitrogens is 1. The van der Waals surface area contributed by atoms with Crippen LogP contribution in [0.25, 0.3) is 20.9 Å². The van der Waals surface area contributed by atoms with Gasteiger partial charge in [-0.05, 0) is 60.3 Å². The first-order valence-corrected chi connectivity index (χ1v) is 8.57. The molecular formula is C16H14BrNO4S. The normalized spacial score (nSPS) is 11.3. The molecule has 2 heterocycles. The van der Waals surface area contributed by atoms with Crippen LogP contribution in [0, 0.1) is 6.92 Å². The number of oxazole rings is 1. The summed E-state index contributed by atoms with van der Waals surface area (Å²) >= 11 is 5.04. The van der Waals surface area contributed by atoms with Crippen molar-refractivity contribution in [1.82, 2.24) is 4.98 Å². The molecule has 0 unspecified atom stereocenters. The average Bonchev–Trinajstić information content (AvgIpc) is 3.01. The Labute approximate surface area is 145 Å². The SMILES string of the molecule is Cc1nc(-c2cc3cc(OC(C)C)cc(Br)c3s2)oc1C(=O)O. The Balaban J connectivity index is 2.08. The van der Waals surface area contributed by atoms with Gasteiger partial charge in [0.15, 0.2) is 0 Å². The lowest BCUT2D eigenvalue weighted by atomic mass is 10.2. The van der Waals surface area contributed by atoms with E-state index in [0.717, 1.165) is 25.2 Å². The van der Waals surface area contributed by atoms with Gasteiger partial charge in [0.1, 0.15) is 5.75 Å². The van der Waals surface area contributed by atoms with E-state index in [0.29, 0.717) is 11.6 Å². The molecule has 0 aliphatic carbocycles. The number of carboxylic acid groups (broad SMARTS) is 1. The first-order chi connectivity index (χ1) is 10.8. The standard InChI is InChI=1S/C16H14BrNO4S/c1-7(2)21-10-4-9-5-12(23-14(9)11(17)6-10)15-18-8(3)13(22-15)16(19)20/h4-7H,1-3H3,(H,19,20). The highest BCUT2D eigenvalue weighted by Gasteiger charge is 2.19. The zero-order chi connectivity index (χ0) is 16.7. The molecule has 23 heavy (non-hydrogen) atoms. The summed E-state index contributed by atoms with van der Waals surface area (Å²) in [6, 6.07) is 5.80. The Morgan fingerprint density at radius 1 is 1.39 bits per heavy atom. The van der Waals surface area contributed by atoms with E-state index in [-0.39, 0.29) is 11.9 Å². The molecule has 5 nitrogen and oxygen atoms in total. The molecule has 3 rings (SSSR count). The maximum Gasteiger partial charge on any atom is 0.373 e.